The van der Waals surface area contributed by atoms with Gasteiger partial charge in [0.2, 0.25) is 5.91 Å². The van der Waals surface area contributed by atoms with Crippen LogP contribution in [0.3, 0.4) is 0 Å². The van der Waals surface area contributed by atoms with Crippen LogP contribution in [0.25, 0.3) is 0 Å². The van der Waals surface area contributed by atoms with E-state index in [-0.39, 0.29) is 6.61 Å². The second-order valence-corrected chi connectivity index (χ2v) is 3.65. The minimum absolute atomic E-state index is 0.0797. The first-order valence-electron chi connectivity index (χ1n) is 4.54. The Morgan fingerprint density at radius 3 is 3.00 bits per heavy atom. The molecule has 90 valence electrons. The fourth-order valence-electron chi connectivity index (χ4n) is 1.01. The Balaban J connectivity index is 2.29. The third-order valence-electron chi connectivity index (χ3n) is 1.65. The van der Waals surface area contributed by atoms with E-state index in [1.54, 1.807) is 0 Å². The highest BCUT2D eigenvalue weighted by Crippen LogP contribution is 2.34. The Bertz CT molecular complexity index is 355. The van der Waals surface area contributed by atoms with Crippen molar-refractivity contribution in [3.8, 4) is 5.75 Å². The number of ether oxygens (including phenoxy) is 2. The number of nitrogens with zero attached hydrogens (tertiary/aromatic N) is 1. The summed E-state index contributed by atoms with van der Waals surface area (Å²) >= 11 is 1.21. The van der Waals surface area contributed by atoms with E-state index in [4.69, 9.17) is 20.9 Å². The van der Waals surface area contributed by atoms with E-state index in [0.29, 0.717) is 24.7 Å². The zero-order valence-electron chi connectivity index (χ0n) is 8.86. The predicted octanol–water partition coefficient (Wildman–Crippen LogP) is -0.352. The van der Waals surface area contributed by atoms with Crippen LogP contribution in [0.15, 0.2) is 0 Å². The van der Waals surface area contributed by atoms with Gasteiger partial charge in [0.15, 0.2) is 16.6 Å². The molecule has 8 heteroatoms. The highest BCUT2D eigenvalue weighted by atomic mass is 32.1. The summed E-state index contributed by atoms with van der Waals surface area (Å²) in [5, 5.41) is 3.77. The van der Waals surface area contributed by atoms with Crippen LogP contribution in [0.5, 0.6) is 5.75 Å². The number of carbonyl (C=O) groups excluding carboxylic acids is 1. The molecule has 1 aromatic heterocycles. The van der Waals surface area contributed by atoms with Crippen LogP contribution in [0.1, 0.15) is 0 Å². The van der Waals surface area contributed by atoms with Crippen molar-refractivity contribution in [1.82, 2.24) is 4.37 Å². The molecule has 0 saturated heterocycles. The second-order valence-electron chi connectivity index (χ2n) is 2.88. The number of methoxy groups -OCH3 is 1. The fourth-order valence-corrected chi connectivity index (χ4v) is 1.72. The molecule has 0 atom stereocenters. The predicted molar refractivity (Wildman–Crippen MR) is 61.6 cm³/mol. The number of carbonyl (C=O) groups is 1. The quantitative estimate of drug-likeness (QED) is 0.567. The molecule has 0 aliphatic carbocycles. The lowest BCUT2D eigenvalue weighted by Gasteiger charge is -2.05. The van der Waals surface area contributed by atoms with Crippen molar-refractivity contribution in [3.05, 3.63) is 0 Å². The molecule has 16 heavy (non-hydrogen) atoms. The van der Waals surface area contributed by atoms with Crippen LogP contribution in [0.2, 0.25) is 0 Å². The number of hydrogen-bond donors (Lipinski definition) is 3. The molecule has 0 fully saturated rings. The van der Waals surface area contributed by atoms with Crippen molar-refractivity contribution < 1.29 is 14.3 Å². The summed E-state index contributed by atoms with van der Waals surface area (Å²) in [6.07, 6.45) is 0. The molecule has 0 aromatic carbocycles. The maximum atomic E-state index is 10.4. The third kappa shape index (κ3) is 3.55. The van der Waals surface area contributed by atoms with Crippen molar-refractivity contribution in [2.45, 2.75) is 0 Å². The van der Waals surface area contributed by atoms with Gasteiger partial charge in [-0.1, -0.05) is 0 Å². The minimum Gasteiger partial charge on any atom is -0.490 e. The first-order chi connectivity index (χ1) is 7.65. The Morgan fingerprint density at radius 1 is 1.62 bits per heavy atom. The van der Waals surface area contributed by atoms with E-state index in [1.807, 2.05) is 0 Å². The lowest BCUT2D eigenvalue weighted by molar-refractivity contribution is -0.122. The molecule has 0 bridgehead atoms. The standard InChI is InChI=1S/C8H14N4O3S/c1-14-6-7(10)12-16-8(6)11-2-3-15-4-5(9)13/h11H,2-4H2,1H3,(H2,9,13)(H2,10,12). The van der Waals surface area contributed by atoms with Gasteiger partial charge in [-0.15, -0.1) is 0 Å². The van der Waals surface area contributed by atoms with Gasteiger partial charge in [0.25, 0.3) is 0 Å². The summed E-state index contributed by atoms with van der Waals surface area (Å²) in [5.41, 5.74) is 10.5. The van der Waals surface area contributed by atoms with Gasteiger partial charge in [-0.05, 0) is 11.5 Å². The summed E-state index contributed by atoms with van der Waals surface area (Å²) in [7, 11) is 1.52. The minimum atomic E-state index is -0.486. The Kier molecular flexibility index (Phi) is 4.80. The summed E-state index contributed by atoms with van der Waals surface area (Å²) in [4.78, 5) is 10.4. The average Bonchev–Trinajstić information content (AvgIpc) is 2.58. The summed E-state index contributed by atoms with van der Waals surface area (Å²) < 4.78 is 14.0. The van der Waals surface area contributed by atoms with Crippen LogP contribution in [0, 0.1) is 0 Å². The normalized spacial score (nSPS) is 10.1. The van der Waals surface area contributed by atoms with E-state index in [0.717, 1.165) is 5.00 Å². The average molecular weight is 246 g/mol. The van der Waals surface area contributed by atoms with Gasteiger partial charge in [0, 0.05) is 6.54 Å². The summed E-state index contributed by atoms with van der Waals surface area (Å²) in [6.45, 7) is 0.804. The zero-order chi connectivity index (χ0) is 12.0. The van der Waals surface area contributed by atoms with E-state index < -0.39 is 5.91 Å². The van der Waals surface area contributed by atoms with E-state index in [2.05, 4.69) is 9.69 Å². The van der Waals surface area contributed by atoms with Gasteiger partial charge in [-0.25, -0.2) is 0 Å². The monoisotopic (exact) mass is 246 g/mol. The SMILES string of the molecule is COc1c(N)nsc1NCCOCC(N)=O. The number of aromatic nitrogens is 1. The highest BCUT2D eigenvalue weighted by molar-refractivity contribution is 7.11. The molecular formula is C8H14N4O3S. The Labute approximate surface area is 96.9 Å². The van der Waals surface area contributed by atoms with Gasteiger partial charge >= 0.3 is 0 Å². The Hall–Kier alpha value is -1.54. The van der Waals surface area contributed by atoms with Crippen LogP contribution in [-0.4, -0.2) is 37.1 Å². The molecule has 1 heterocycles. The molecule has 7 nitrogen and oxygen atoms in total. The topological polar surface area (TPSA) is 112 Å². The maximum absolute atomic E-state index is 10.4. The van der Waals surface area contributed by atoms with Crippen molar-refractivity contribution in [1.29, 1.82) is 0 Å². The lowest BCUT2D eigenvalue weighted by Crippen LogP contribution is -2.20. The van der Waals surface area contributed by atoms with Crippen molar-refractivity contribution in [3.63, 3.8) is 0 Å². The van der Waals surface area contributed by atoms with Gasteiger partial charge in [-0.2, -0.15) is 4.37 Å². The molecule has 0 saturated carbocycles. The molecule has 0 spiro atoms. The van der Waals surface area contributed by atoms with E-state index >= 15 is 0 Å². The van der Waals surface area contributed by atoms with Crippen LogP contribution >= 0.6 is 11.5 Å². The number of nitrogen functional groups attached to an aromatic ring is 1. The zero-order valence-corrected chi connectivity index (χ0v) is 9.67. The third-order valence-corrected chi connectivity index (χ3v) is 2.45. The van der Waals surface area contributed by atoms with E-state index in [1.165, 1.54) is 18.6 Å². The number of anilines is 2. The number of hydrogen-bond acceptors (Lipinski definition) is 7. The van der Waals surface area contributed by atoms with Gasteiger partial charge in [0.1, 0.15) is 6.61 Å². The molecule has 0 aliphatic heterocycles. The van der Waals surface area contributed by atoms with Gasteiger partial charge in [0.05, 0.1) is 13.7 Å². The van der Waals surface area contributed by atoms with Crippen LogP contribution in [0.4, 0.5) is 10.8 Å². The number of rotatable bonds is 7. The van der Waals surface area contributed by atoms with Crippen molar-refractivity contribution in [2.75, 3.05) is 37.9 Å². The molecular weight excluding hydrogens is 232 g/mol. The van der Waals surface area contributed by atoms with E-state index in [9.17, 15) is 4.79 Å². The molecule has 0 unspecified atom stereocenters. The van der Waals surface area contributed by atoms with Crippen LogP contribution in [-0.2, 0) is 9.53 Å². The Morgan fingerprint density at radius 2 is 2.38 bits per heavy atom. The largest absolute Gasteiger partial charge is 0.490 e. The molecule has 0 aliphatic rings. The van der Waals surface area contributed by atoms with Gasteiger partial charge in [-0.3, -0.25) is 4.79 Å². The second kappa shape index (κ2) is 6.13. The molecule has 0 radical (unpaired) electrons. The summed E-state index contributed by atoms with van der Waals surface area (Å²) in [6, 6.07) is 0. The van der Waals surface area contributed by atoms with Crippen molar-refractivity contribution >= 4 is 28.3 Å². The fraction of sp³-hybridized carbons (Fsp3) is 0.500. The highest BCUT2D eigenvalue weighted by Gasteiger charge is 2.10. The maximum Gasteiger partial charge on any atom is 0.243 e. The molecule has 1 aromatic rings. The number of amides is 1. The van der Waals surface area contributed by atoms with Crippen LogP contribution < -0.4 is 21.5 Å². The number of nitrogens with two attached hydrogens (primary N) is 2. The molecule has 1 amide bonds. The molecule has 1 rings (SSSR count). The van der Waals surface area contributed by atoms with Crippen molar-refractivity contribution in [2.24, 2.45) is 5.73 Å². The molecule has 5 N–H and O–H groups in total. The smallest absolute Gasteiger partial charge is 0.243 e. The number of primary amides is 1. The van der Waals surface area contributed by atoms with Gasteiger partial charge < -0.3 is 26.3 Å². The summed E-state index contributed by atoms with van der Waals surface area (Å²) in [5.74, 6) is 0.396. The first-order valence-corrected chi connectivity index (χ1v) is 5.31. The lowest BCUT2D eigenvalue weighted by atomic mass is 10.5. The first kappa shape index (κ1) is 12.5. The number of nitrogens with one attached hydrogen (secondary N) is 1.